The van der Waals surface area contributed by atoms with Crippen molar-refractivity contribution >= 4 is 5.78 Å². The van der Waals surface area contributed by atoms with Crippen LogP contribution in [-0.4, -0.2) is 16.3 Å². The summed E-state index contributed by atoms with van der Waals surface area (Å²) in [6.07, 6.45) is 5.97. The maximum Gasteiger partial charge on any atom is 0.184 e. The van der Waals surface area contributed by atoms with Crippen LogP contribution in [0.4, 0.5) is 0 Å². The molecule has 0 bridgehead atoms. The van der Waals surface area contributed by atoms with Crippen molar-refractivity contribution in [1.29, 1.82) is 0 Å². The van der Waals surface area contributed by atoms with Crippen LogP contribution in [0.2, 0.25) is 0 Å². The van der Waals surface area contributed by atoms with Crippen LogP contribution in [0.3, 0.4) is 0 Å². The summed E-state index contributed by atoms with van der Waals surface area (Å²) in [5.41, 5.74) is 7.00. The molecule has 2 N–H and O–H groups in total. The number of pyridine rings is 1. The highest BCUT2D eigenvalue weighted by atomic mass is 16.1. The van der Waals surface area contributed by atoms with Gasteiger partial charge >= 0.3 is 0 Å². The number of carbonyl (C=O) groups excluding carboxylic acids is 1. The van der Waals surface area contributed by atoms with E-state index < -0.39 is 5.54 Å². The van der Waals surface area contributed by atoms with Gasteiger partial charge in [-0.2, -0.15) is 0 Å². The van der Waals surface area contributed by atoms with Crippen molar-refractivity contribution < 1.29 is 4.79 Å². The molecular formula is C11H14N2O. The van der Waals surface area contributed by atoms with Crippen LogP contribution in [0.15, 0.2) is 18.5 Å². The van der Waals surface area contributed by atoms with E-state index in [2.05, 4.69) is 4.98 Å². The number of ketones is 1. The van der Waals surface area contributed by atoms with Gasteiger partial charge in [-0.25, -0.2) is 0 Å². The van der Waals surface area contributed by atoms with Crippen molar-refractivity contribution in [1.82, 2.24) is 4.98 Å². The van der Waals surface area contributed by atoms with Gasteiger partial charge in [0, 0.05) is 18.0 Å². The fourth-order valence-electron chi connectivity index (χ4n) is 1.75. The van der Waals surface area contributed by atoms with Gasteiger partial charge in [0.15, 0.2) is 5.78 Å². The highest BCUT2D eigenvalue weighted by Gasteiger charge is 2.40. The highest BCUT2D eigenvalue weighted by Crippen LogP contribution is 2.32. The van der Waals surface area contributed by atoms with Crippen molar-refractivity contribution in [2.45, 2.75) is 31.7 Å². The lowest BCUT2D eigenvalue weighted by molar-refractivity contribution is 0.0799. The number of hydrogen-bond donors (Lipinski definition) is 1. The molecular weight excluding hydrogens is 176 g/mol. The molecule has 1 aliphatic rings. The maximum atomic E-state index is 12.0. The van der Waals surface area contributed by atoms with E-state index in [1.165, 1.54) is 0 Å². The Morgan fingerprint density at radius 2 is 2.29 bits per heavy atom. The van der Waals surface area contributed by atoms with Gasteiger partial charge in [-0.05, 0) is 37.8 Å². The molecule has 1 saturated carbocycles. The molecule has 14 heavy (non-hydrogen) atoms. The largest absolute Gasteiger partial charge is 0.319 e. The number of aromatic nitrogens is 1. The zero-order valence-corrected chi connectivity index (χ0v) is 8.29. The maximum absolute atomic E-state index is 12.0. The second kappa shape index (κ2) is 3.17. The number of hydrogen-bond acceptors (Lipinski definition) is 3. The van der Waals surface area contributed by atoms with E-state index in [-0.39, 0.29) is 5.78 Å². The molecule has 1 heterocycles. The Hall–Kier alpha value is -1.22. The number of nitrogens with zero attached hydrogens (tertiary/aromatic N) is 1. The van der Waals surface area contributed by atoms with Crippen LogP contribution in [0.1, 0.15) is 35.2 Å². The van der Waals surface area contributed by atoms with Crippen LogP contribution in [0.25, 0.3) is 0 Å². The van der Waals surface area contributed by atoms with E-state index >= 15 is 0 Å². The van der Waals surface area contributed by atoms with Crippen LogP contribution >= 0.6 is 0 Å². The van der Waals surface area contributed by atoms with E-state index in [0.29, 0.717) is 5.56 Å². The average molecular weight is 190 g/mol. The predicted molar refractivity (Wildman–Crippen MR) is 54.1 cm³/mol. The molecule has 1 aromatic rings. The number of Topliss-reactive ketones (excluding diaryl/α,β-unsaturated/α-hetero) is 1. The van der Waals surface area contributed by atoms with E-state index in [9.17, 15) is 4.79 Å². The van der Waals surface area contributed by atoms with Gasteiger partial charge in [-0.15, -0.1) is 0 Å². The molecule has 0 radical (unpaired) electrons. The van der Waals surface area contributed by atoms with Gasteiger partial charge < -0.3 is 5.73 Å². The number of aryl methyl sites for hydroxylation is 1. The van der Waals surface area contributed by atoms with Crippen molar-refractivity contribution in [2.75, 3.05) is 0 Å². The quantitative estimate of drug-likeness (QED) is 0.718. The summed E-state index contributed by atoms with van der Waals surface area (Å²) in [6, 6.07) is 1.84. The molecule has 0 amide bonds. The smallest absolute Gasteiger partial charge is 0.184 e. The Bertz CT molecular complexity index is 369. The number of carbonyl (C=O) groups is 1. The topological polar surface area (TPSA) is 56.0 Å². The molecule has 0 atom stereocenters. The van der Waals surface area contributed by atoms with Gasteiger partial charge in [0.2, 0.25) is 0 Å². The van der Waals surface area contributed by atoms with E-state index in [4.69, 9.17) is 5.73 Å². The van der Waals surface area contributed by atoms with E-state index in [0.717, 1.165) is 24.8 Å². The van der Waals surface area contributed by atoms with Crippen molar-refractivity contribution in [3.8, 4) is 0 Å². The van der Waals surface area contributed by atoms with E-state index in [1.54, 1.807) is 12.4 Å². The lowest BCUT2D eigenvalue weighted by Crippen LogP contribution is -2.53. The predicted octanol–water partition coefficient (Wildman–Crippen LogP) is 1.45. The normalized spacial score (nSPS) is 18.7. The Balaban J connectivity index is 2.32. The zero-order chi connectivity index (χ0) is 10.2. The average Bonchev–Trinajstić information content (AvgIpc) is 2.14. The number of rotatable bonds is 2. The third kappa shape index (κ3) is 1.34. The first-order valence-corrected chi connectivity index (χ1v) is 4.88. The Morgan fingerprint density at radius 1 is 1.57 bits per heavy atom. The molecule has 1 aromatic heterocycles. The first-order chi connectivity index (χ1) is 6.63. The van der Waals surface area contributed by atoms with E-state index in [1.807, 2.05) is 13.0 Å². The molecule has 1 fully saturated rings. The molecule has 0 spiro atoms. The van der Waals surface area contributed by atoms with Crippen molar-refractivity contribution in [3.05, 3.63) is 29.6 Å². The summed E-state index contributed by atoms with van der Waals surface area (Å²) in [4.78, 5) is 16.0. The standard InChI is InChI=1S/C11H14N2O/c1-8-3-6-13-7-9(8)10(14)11(12)4-2-5-11/h3,6-7H,2,4-5,12H2,1H3. The molecule has 3 nitrogen and oxygen atoms in total. The summed E-state index contributed by atoms with van der Waals surface area (Å²) in [7, 11) is 0. The minimum absolute atomic E-state index is 0.0503. The van der Waals surface area contributed by atoms with Gasteiger partial charge in [0.1, 0.15) is 0 Å². The third-order valence-corrected chi connectivity index (χ3v) is 2.98. The SMILES string of the molecule is Cc1ccncc1C(=O)C1(N)CCC1. The summed E-state index contributed by atoms with van der Waals surface area (Å²) < 4.78 is 0. The first-order valence-electron chi connectivity index (χ1n) is 4.88. The second-order valence-electron chi connectivity index (χ2n) is 4.03. The summed E-state index contributed by atoms with van der Waals surface area (Å²) in [5.74, 6) is 0.0503. The molecule has 2 rings (SSSR count). The second-order valence-corrected chi connectivity index (χ2v) is 4.03. The fourth-order valence-corrected chi connectivity index (χ4v) is 1.75. The summed E-state index contributed by atoms with van der Waals surface area (Å²) >= 11 is 0. The van der Waals surface area contributed by atoms with Crippen LogP contribution in [0.5, 0.6) is 0 Å². The Morgan fingerprint density at radius 3 is 2.79 bits per heavy atom. The van der Waals surface area contributed by atoms with Gasteiger partial charge in [-0.3, -0.25) is 9.78 Å². The molecule has 1 aliphatic carbocycles. The minimum atomic E-state index is -0.603. The molecule has 0 aromatic carbocycles. The number of nitrogens with two attached hydrogens (primary N) is 1. The van der Waals surface area contributed by atoms with Gasteiger partial charge in [-0.1, -0.05) is 0 Å². The summed E-state index contributed by atoms with van der Waals surface area (Å²) in [6.45, 7) is 1.91. The summed E-state index contributed by atoms with van der Waals surface area (Å²) in [5, 5.41) is 0. The van der Waals surface area contributed by atoms with Crippen molar-refractivity contribution in [2.24, 2.45) is 5.73 Å². The van der Waals surface area contributed by atoms with Crippen LogP contribution < -0.4 is 5.73 Å². The fraction of sp³-hybridized carbons (Fsp3) is 0.455. The minimum Gasteiger partial charge on any atom is -0.319 e. The highest BCUT2D eigenvalue weighted by molar-refractivity contribution is 6.04. The first kappa shape index (κ1) is 9.34. The molecule has 0 unspecified atom stereocenters. The molecule has 3 heteroatoms. The van der Waals surface area contributed by atoms with Crippen molar-refractivity contribution in [3.63, 3.8) is 0 Å². The molecule has 74 valence electrons. The lowest BCUT2D eigenvalue weighted by Gasteiger charge is -2.36. The van der Waals surface area contributed by atoms with Gasteiger partial charge in [0.25, 0.3) is 0 Å². The zero-order valence-electron chi connectivity index (χ0n) is 8.29. The van der Waals surface area contributed by atoms with Crippen LogP contribution in [0, 0.1) is 6.92 Å². The molecule has 0 saturated heterocycles. The lowest BCUT2D eigenvalue weighted by atomic mass is 9.72. The Labute approximate surface area is 83.3 Å². The van der Waals surface area contributed by atoms with Gasteiger partial charge in [0.05, 0.1) is 5.54 Å². The molecule has 0 aliphatic heterocycles. The van der Waals surface area contributed by atoms with Crippen LogP contribution in [-0.2, 0) is 0 Å². The monoisotopic (exact) mass is 190 g/mol. The Kier molecular flexibility index (Phi) is 2.11. The third-order valence-electron chi connectivity index (χ3n) is 2.98.